The number of hydrogen-bond donors (Lipinski definition) is 0. The Morgan fingerprint density at radius 3 is 2.44 bits per heavy atom. The number of fused-ring (bicyclic) bond motifs is 1. The van der Waals surface area contributed by atoms with Gasteiger partial charge >= 0.3 is 0 Å². The van der Waals surface area contributed by atoms with Crippen molar-refractivity contribution >= 4 is 16.9 Å². The van der Waals surface area contributed by atoms with Crippen molar-refractivity contribution in [1.29, 1.82) is 0 Å². The summed E-state index contributed by atoms with van der Waals surface area (Å²) in [5, 5.41) is 0.947. The van der Waals surface area contributed by atoms with Crippen molar-refractivity contribution < 1.29 is 4.74 Å². The summed E-state index contributed by atoms with van der Waals surface area (Å²) in [6, 6.07) is 18.2. The third-order valence-electron chi connectivity index (χ3n) is 4.82. The number of hydrogen-bond acceptors (Lipinski definition) is 5. The molecule has 0 bridgehead atoms. The van der Waals surface area contributed by atoms with E-state index in [0.29, 0.717) is 12.5 Å². The summed E-state index contributed by atoms with van der Waals surface area (Å²) in [5.41, 5.74) is 2.04. The monoisotopic (exact) mass is 360 g/mol. The predicted octanol–water partition coefficient (Wildman–Crippen LogP) is 3.52. The van der Waals surface area contributed by atoms with Crippen LogP contribution >= 0.6 is 0 Å². The Bertz CT molecular complexity index is 905. The van der Waals surface area contributed by atoms with Crippen LogP contribution < -0.4 is 9.64 Å². The van der Waals surface area contributed by atoms with Crippen molar-refractivity contribution in [3.05, 3.63) is 72.8 Å². The van der Waals surface area contributed by atoms with Crippen LogP contribution in [0.1, 0.15) is 5.56 Å². The maximum atomic E-state index is 6.10. The average molecular weight is 360 g/mol. The van der Waals surface area contributed by atoms with E-state index in [4.69, 9.17) is 14.7 Å². The lowest BCUT2D eigenvalue weighted by Crippen LogP contribution is -2.46. The van der Waals surface area contributed by atoms with Gasteiger partial charge < -0.3 is 9.64 Å². The molecule has 1 aliphatic rings. The second kappa shape index (κ2) is 8.18. The van der Waals surface area contributed by atoms with Crippen LogP contribution in [0.5, 0.6) is 5.88 Å². The summed E-state index contributed by atoms with van der Waals surface area (Å²) < 4.78 is 6.10. The van der Waals surface area contributed by atoms with E-state index < -0.39 is 0 Å². The van der Waals surface area contributed by atoms with Gasteiger partial charge in [-0.1, -0.05) is 48.5 Å². The molecule has 1 saturated heterocycles. The Hall–Kier alpha value is -2.92. The second-order valence-corrected chi connectivity index (χ2v) is 6.70. The van der Waals surface area contributed by atoms with E-state index in [1.807, 2.05) is 48.5 Å². The first-order chi connectivity index (χ1) is 13.3. The molecule has 3 aromatic rings. The number of nitrogens with zero attached hydrogens (tertiary/aromatic N) is 4. The zero-order valence-corrected chi connectivity index (χ0v) is 15.4. The molecule has 2 aromatic carbocycles. The van der Waals surface area contributed by atoms with Crippen LogP contribution in [0.25, 0.3) is 10.9 Å². The lowest BCUT2D eigenvalue weighted by molar-refractivity contribution is 0.280. The normalized spacial score (nSPS) is 15.0. The molecule has 0 atom stereocenters. The highest BCUT2D eigenvalue weighted by atomic mass is 16.5. The summed E-state index contributed by atoms with van der Waals surface area (Å²) in [6.45, 7) is 9.04. The Labute approximate surface area is 159 Å². The van der Waals surface area contributed by atoms with Crippen LogP contribution in [-0.2, 0) is 6.61 Å². The molecule has 5 heteroatoms. The van der Waals surface area contributed by atoms with Crippen molar-refractivity contribution in [3.63, 3.8) is 0 Å². The van der Waals surface area contributed by atoms with Crippen molar-refractivity contribution in [1.82, 2.24) is 14.9 Å². The van der Waals surface area contributed by atoms with E-state index in [1.54, 1.807) is 0 Å². The highest BCUT2D eigenvalue weighted by Crippen LogP contribution is 2.26. The van der Waals surface area contributed by atoms with Gasteiger partial charge in [0, 0.05) is 32.7 Å². The SMILES string of the molecule is C=CCN1CCN(c2nc(OCc3ccccc3)c3ccccc3n2)CC1. The molecule has 0 N–H and O–H groups in total. The number of rotatable bonds is 6. The van der Waals surface area contributed by atoms with Crippen LogP contribution in [0.4, 0.5) is 5.95 Å². The van der Waals surface area contributed by atoms with E-state index in [9.17, 15) is 0 Å². The molecule has 0 unspecified atom stereocenters. The molecule has 5 nitrogen and oxygen atoms in total. The molecule has 1 aliphatic heterocycles. The van der Waals surface area contributed by atoms with Crippen LogP contribution in [0.15, 0.2) is 67.3 Å². The number of anilines is 1. The van der Waals surface area contributed by atoms with Gasteiger partial charge in [0.25, 0.3) is 0 Å². The quantitative estimate of drug-likeness (QED) is 0.629. The summed E-state index contributed by atoms with van der Waals surface area (Å²) >= 11 is 0. The van der Waals surface area contributed by atoms with Crippen LogP contribution in [-0.4, -0.2) is 47.6 Å². The zero-order chi connectivity index (χ0) is 18.5. The predicted molar refractivity (Wildman–Crippen MR) is 109 cm³/mol. The van der Waals surface area contributed by atoms with Crippen molar-refractivity contribution in [2.45, 2.75) is 6.61 Å². The molecular weight excluding hydrogens is 336 g/mol. The molecule has 0 saturated carbocycles. The second-order valence-electron chi connectivity index (χ2n) is 6.70. The first-order valence-electron chi connectivity index (χ1n) is 9.35. The molecule has 4 rings (SSSR count). The van der Waals surface area contributed by atoms with Crippen molar-refractivity contribution in [3.8, 4) is 5.88 Å². The highest BCUT2D eigenvalue weighted by Gasteiger charge is 2.20. The molecule has 0 amide bonds. The summed E-state index contributed by atoms with van der Waals surface area (Å²) in [6.07, 6.45) is 1.96. The first kappa shape index (κ1) is 17.5. The number of piperazine rings is 1. The lowest BCUT2D eigenvalue weighted by Gasteiger charge is -2.34. The van der Waals surface area contributed by atoms with Crippen LogP contribution in [0.3, 0.4) is 0 Å². The van der Waals surface area contributed by atoms with E-state index >= 15 is 0 Å². The minimum Gasteiger partial charge on any atom is -0.472 e. The molecule has 27 heavy (non-hydrogen) atoms. The molecule has 1 fully saturated rings. The Morgan fingerprint density at radius 2 is 1.67 bits per heavy atom. The molecule has 0 spiro atoms. The third-order valence-corrected chi connectivity index (χ3v) is 4.82. The minimum absolute atomic E-state index is 0.494. The maximum absolute atomic E-state index is 6.10. The molecule has 2 heterocycles. The maximum Gasteiger partial charge on any atom is 0.229 e. The number of benzene rings is 2. The molecule has 1 aromatic heterocycles. The largest absolute Gasteiger partial charge is 0.472 e. The topological polar surface area (TPSA) is 41.5 Å². The van der Waals surface area contributed by atoms with Gasteiger partial charge in [-0.3, -0.25) is 4.90 Å². The average Bonchev–Trinajstić information content (AvgIpc) is 2.73. The van der Waals surface area contributed by atoms with E-state index in [-0.39, 0.29) is 0 Å². The van der Waals surface area contributed by atoms with Crippen molar-refractivity contribution in [2.24, 2.45) is 0 Å². The smallest absolute Gasteiger partial charge is 0.229 e. The zero-order valence-electron chi connectivity index (χ0n) is 15.4. The molecule has 0 radical (unpaired) electrons. The number of aromatic nitrogens is 2. The van der Waals surface area contributed by atoms with Gasteiger partial charge in [-0.15, -0.1) is 6.58 Å². The van der Waals surface area contributed by atoms with Gasteiger partial charge in [0.1, 0.15) is 6.61 Å². The van der Waals surface area contributed by atoms with Gasteiger partial charge in [-0.05, 0) is 17.7 Å². The van der Waals surface area contributed by atoms with E-state index in [2.05, 4.69) is 28.5 Å². The first-order valence-corrected chi connectivity index (χ1v) is 9.35. The lowest BCUT2D eigenvalue weighted by atomic mass is 10.2. The molecular formula is C22H24N4O. The minimum atomic E-state index is 0.494. The van der Waals surface area contributed by atoms with Gasteiger partial charge in [0.15, 0.2) is 0 Å². The fourth-order valence-electron chi connectivity index (χ4n) is 3.33. The fourth-order valence-corrected chi connectivity index (χ4v) is 3.33. The standard InChI is InChI=1S/C22H24N4O/c1-2-12-25-13-15-26(16-14-25)22-23-20-11-7-6-10-19(20)21(24-22)27-17-18-8-4-3-5-9-18/h2-11H,1,12-17H2. The van der Waals surface area contributed by atoms with Gasteiger partial charge in [-0.25, -0.2) is 4.98 Å². The van der Waals surface area contributed by atoms with E-state index in [1.165, 1.54) is 0 Å². The Morgan fingerprint density at radius 1 is 0.926 bits per heavy atom. The van der Waals surface area contributed by atoms with Gasteiger partial charge in [0.05, 0.1) is 10.9 Å². The Kier molecular flexibility index (Phi) is 5.30. The molecule has 0 aliphatic carbocycles. The Balaban J connectivity index is 1.58. The summed E-state index contributed by atoms with van der Waals surface area (Å²) in [4.78, 5) is 14.2. The number of ether oxygens (including phenoxy) is 1. The van der Waals surface area contributed by atoms with Gasteiger partial charge in [0.2, 0.25) is 11.8 Å². The highest BCUT2D eigenvalue weighted by molar-refractivity contribution is 5.84. The van der Waals surface area contributed by atoms with Crippen LogP contribution in [0.2, 0.25) is 0 Å². The number of para-hydroxylation sites is 1. The van der Waals surface area contributed by atoms with Gasteiger partial charge in [-0.2, -0.15) is 4.98 Å². The van der Waals surface area contributed by atoms with Crippen LogP contribution in [0, 0.1) is 0 Å². The summed E-state index contributed by atoms with van der Waals surface area (Å²) in [5.74, 6) is 1.39. The van der Waals surface area contributed by atoms with E-state index in [0.717, 1.165) is 55.1 Å². The fraction of sp³-hybridized carbons (Fsp3) is 0.273. The summed E-state index contributed by atoms with van der Waals surface area (Å²) in [7, 11) is 0. The van der Waals surface area contributed by atoms with Crippen molar-refractivity contribution in [2.75, 3.05) is 37.6 Å². The molecule has 138 valence electrons. The third kappa shape index (κ3) is 4.09.